The van der Waals surface area contributed by atoms with Gasteiger partial charge in [-0.2, -0.15) is 0 Å². The zero-order valence-electron chi connectivity index (χ0n) is 20.2. The minimum Gasteiger partial charge on any atom is -0.289 e. The minimum absolute atomic E-state index is 0.157. The maximum Gasteiger partial charge on any atom is 0.190 e. The van der Waals surface area contributed by atoms with Crippen molar-refractivity contribution in [2.24, 2.45) is 0 Å². The average Bonchev–Trinajstić information content (AvgIpc) is 2.73. The SMILES string of the molecule is CC.Cc1c2c3c(c(C)c(C)c4c5c6c(c(C)c(=O)c7c-6c(c(C)c5=O)C7)c(c1C)c34)C2. The van der Waals surface area contributed by atoms with Gasteiger partial charge >= 0.3 is 0 Å². The van der Waals surface area contributed by atoms with Crippen LogP contribution >= 0.6 is 0 Å². The molecule has 0 spiro atoms. The summed E-state index contributed by atoms with van der Waals surface area (Å²) < 4.78 is 0. The van der Waals surface area contributed by atoms with Crippen LogP contribution in [0.1, 0.15) is 69.5 Å². The standard InChI is InChI=1S/C28H22O2.C2H6/c1-9-11(3)19-21-14(6)27(29)18-8-17-13(5)28(30)26(25(21)23(17)18)20-12(4)10(2)16-7-15(9)22(16)24(19)20;1-2/h7-8H2,1-6H3;1-2H3. The minimum atomic E-state index is 0.157. The second-order valence-electron chi connectivity index (χ2n) is 9.68. The molecule has 2 nitrogen and oxygen atoms in total. The Labute approximate surface area is 187 Å². The van der Waals surface area contributed by atoms with Gasteiger partial charge in [-0.25, -0.2) is 0 Å². The third kappa shape index (κ3) is 1.79. The molecule has 32 heavy (non-hydrogen) atoms. The second-order valence-corrected chi connectivity index (χ2v) is 9.68. The lowest BCUT2D eigenvalue weighted by Gasteiger charge is -2.35. The van der Waals surface area contributed by atoms with Gasteiger partial charge in [0.2, 0.25) is 0 Å². The van der Waals surface area contributed by atoms with E-state index in [1.54, 1.807) is 0 Å². The van der Waals surface area contributed by atoms with Crippen LogP contribution in [0.2, 0.25) is 0 Å². The predicted octanol–water partition coefficient (Wildman–Crippen LogP) is 6.53. The molecule has 4 aliphatic carbocycles. The molecule has 2 heteroatoms. The van der Waals surface area contributed by atoms with E-state index in [9.17, 15) is 9.59 Å². The monoisotopic (exact) mass is 420 g/mol. The van der Waals surface area contributed by atoms with Crippen molar-refractivity contribution < 1.29 is 0 Å². The van der Waals surface area contributed by atoms with E-state index in [1.165, 1.54) is 49.5 Å². The molecule has 160 valence electrons. The third-order valence-electron chi connectivity index (χ3n) is 8.70. The summed E-state index contributed by atoms with van der Waals surface area (Å²) in [6.45, 7) is 16.7. The highest BCUT2D eigenvalue weighted by Gasteiger charge is 2.37. The molecule has 4 aliphatic rings. The number of hydrogen-bond donors (Lipinski definition) is 0. The summed E-state index contributed by atoms with van der Waals surface area (Å²) in [4.78, 5) is 27.0. The van der Waals surface area contributed by atoms with Crippen LogP contribution in [0, 0.1) is 41.5 Å². The van der Waals surface area contributed by atoms with E-state index in [4.69, 9.17) is 0 Å². The topological polar surface area (TPSA) is 34.1 Å². The van der Waals surface area contributed by atoms with Gasteiger partial charge < -0.3 is 0 Å². The highest BCUT2D eigenvalue weighted by molar-refractivity contribution is 6.33. The molecule has 3 aromatic rings. The lowest BCUT2D eigenvalue weighted by molar-refractivity contribution is 1.05. The van der Waals surface area contributed by atoms with Gasteiger partial charge in [0, 0.05) is 34.1 Å². The molecule has 0 atom stereocenters. The fraction of sp³-hybridized carbons (Fsp3) is 0.333. The quantitative estimate of drug-likeness (QED) is 0.206. The molecule has 0 saturated heterocycles. The summed E-state index contributed by atoms with van der Waals surface area (Å²) in [5.74, 6) is 0. The van der Waals surface area contributed by atoms with E-state index in [0.717, 1.165) is 56.0 Å². The van der Waals surface area contributed by atoms with Crippen molar-refractivity contribution in [3.8, 4) is 11.1 Å². The van der Waals surface area contributed by atoms with Crippen LogP contribution in [-0.4, -0.2) is 0 Å². The van der Waals surface area contributed by atoms with E-state index in [2.05, 4.69) is 27.7 Å². The zero-order chi connectivity index (χ0) is 23.0. The Hall–Kier alpha value is -3.00. The van der Waals surface area contributed by atoms with Gasteiger partial charge in [-0.05, 0) is 119 Å². The molecular formula is C30H28O2. The lowest BCUT2D eigenvalue weighted by atomic mass is 9.67. The van der Waals surface area contributed by atoms with Gasteiger partial charge in [-0.15, -0.1) is 0 Å². The predicted molar refractivity (Wildman–Crippen MR) is 136 cm³/mol. The molecule has 0 unspecified atom stereocenters. The van der Waals surface area contributed by atoms with Crippen LogP contribution in [-0.2, 0) is 12.8 Å². The average molecular weight is 421 g/mol. The number of benzene rings is 5. The fourth-order valence-electron chi connectivity index (χ4n) is 6.71. The normalized spacial score (nSPS) is 13.6. The molecule has 0 fully saturated rings. The van der Waals surface area contributed by atoms with Crippen molar-refractivity contribution in [3.63, 3.8) is 0 Å². The lowest BCUT2D eigenvalue weighted by Crippen LogP contribution is -2.28. The Morgan fingerprint density at radius 2 is 0.938 bits per heavy atom. The van der Waals surface area contributed by atoms with Crippen LogP contribution in [0.25, 0.3) is 43.4 Å². The van der Waals surface area contributed by atoms with Gasteiger partial charge in [0.25, 0.3) is 0 Å². The van der Waals surface area contributed by atoms with E-state index in [-0.39, 0.29) is 10.9 Å². The smallest absolute Gasteiger partial charge is 0.190 e. The zero-order valence-corrected chi connectivity index (χ0v) is 20.2. The molecule has 0 bridgehead atoms. The molecule has 0 heterocycles. The largest absolute Gasteiger partial charge is 0.289 e. The Balaban J connectivity index is 0.000000953. The molecule has 0 radical (unpaired) electrons. The first-order valence-electron chi connectivity index (χ1n) is 11.8. The summed E-state index contributed by atoms with van der Waals surface area (Å²) in [5, 5.41) is 6.80. The van der Waals surface area contributed by atoms with Gasteiger partial charge in [0.05, 0.1) is 0 Å². The first-order valence-corrected chi connectivity index (χ1v) is 11.8. The highest BCUT2D eigenvalue weighted by Crippen LogP contribution is 2.54. The maximum absolute atomic E-state index is 13.7. The summed E-state index contributed by atoms with van der Waals surface area (Å²) >= 11 is 0. The Kier molecular flexibility index (Phi) is 3.60. The third-order valence-corrected chi connectivity index (χ3v) is 8.70. The van der Waals surface area contributed by atoms with Crippen molar-refractivity contribution in [2.45, 2.75) is 68.2 Å². The first-order chi connectivity index (χ1) is 15.3. The van der Waals surface area contributed by atoms with Gasteiger partial charge in [-0.3, -0.25) is 9.59 Å². The Morgan fingerprint density at radius 3 is 1.53 bits per heavy atom. The van der Waals surface area contributed by atoms with E-state index in [0.29, 0.717) is 6.42 Å². The fourth-order valence-corrected chi connectivity index (χ4v) is 6.71. The first kappa shape index (κ1) is 19.7. The van der Waals surface area contributed by atoms with E-state index >= 15 is 0 Å². The van der Waals surface area contributed by atoms with Crippen molar-refractivity contribution in [1.82, 2.24) is 0 Å². The molecule has 7 rings (SSSR count). The summed E-state index contributed by atoms with van der Waals surface area (Å²) in [5.41, 5.74) is 14.1. The Bertz CT molecular complexity index is 1760. The molecule has 0 aromatic heterocycles. The number of aryl methyl sites for hydroxylation is 3. The summed E-state index contributed by atoms with van der Waals surface area (Å²) in [6.07, 6.45) is 1.66. The van der Waals surface area contributed by atoms with Crippen LogP contribution in [0.4, 0.5) is 0 Å². The number of fused-ring (bicyclic) bond motifs is 2. The van der Waals surface area contributed by atoms with Crippen LogP contribution in [0.5, 0.6) is 0 Å². The van der Waals surface area contributed by atoms with Crippen LogP contribution in [0.15, 0.2) is 9.59 Å². The molecule has 3 aromatic carbocycles. The summed E-state index contributed by atoms with van der Waals surface area (Å²) in [7, 11) is 0. The molecule has 0 aliphatic heterocycles. The maximum atomic E-state index is 13.7. The van der Waals surface area contributed by atoms with Crippen molar-refractivity contribution in [3.05, 3.63) is 76.1 Å². The van der Waals surface area contributed by atoms with Gasteiger partial charge in [0.1, 0.15) is 0 Å². The van der Waals surface area contributed by atoms with E-state index in [1.807, 2.05) is 27.7 Å². The van der Waals surface area contributed by atoms with Crippen LogP contribution in [0.3, 0.4) is 0 Å². The van der Waals surface area contributed by atoms with Gasteiger partial charge in [-0.1, -0.05) is 13.8 Å². The Morgan fingerprint density at radius 1 is 0.406 bits per heavy atom. The molecular weight excluding hydrogens is 392 g/mol. The molecule has 0 saturated carbocycles. The molecule has 0 amide bonds. The highest BCUT2D eigenvalue weighted by atomic mass is 16.1. The van der Waals surface area contributed by atoms with Crippen molar-refractivity contribution in [1.29, 1.82) is 0 Å². The van der Waals surface area contributed by atoms with E-state index < -0.39 is 0 Å². The van der Waals surface area contributed by atoms with Gasteiger partial charge in [0.15, 0.2) is 10.9 Å². The number of hydrogen-bond acceptors (Lipinski definition) is 2. The second kappa shape index (κ2) is 5.86. The van der Waals surface area contributed by atoms with Crippen LogP contribution < -0.4 is 10.9 Å². The number of rotatable bonds is 0. The van der Waals surface area contributed by atoms with Crippen molar-refractivity contribution >= 4 is 32.3 Å². The molecule has 0 N–H and O–H groups in total. The summed E-state index contributed by atoms with van der Waals surface area (Å²) in [6, 6.07) is 0. The van der Waals surface area contributed by atoms with Crippen molar-refractivity contribution in [2.75, 3.05) is 0 Å².